The van der Waals surface area contributed by atoms with Crippen molar-refractivity contribution in [2.75, 3.05) is 6.54 Å². The van der Waals surface area contributed by atoms with Gasteiger partial charge in [0.1, 0.15) is 11.4 Å². The Hall–Kier alpha value is -1.62. The Balaban J connectivity index is 2.20. The predicted octanol–water partition coefficient (Wildman–Crippen LogP) is 2.87. The number of nitrogens with zero attached hydrogens (tertiary/aromatic N) is 1. The fourth-order valence-corrected chi connectivity index (χ4v) is 2.36. The highest BCUT2D eigenvalue weighted by molar-refractivity contribution is 5.69. The molecule has 5 heteroatoms. The van der Waals surface area contributed by atoms with E-state index >= 15 is 0 Å². The molecule has 0 aromatic heterocycles. The number of aliphatic hydroxyl groups is 1. The van der Waals surface area contributed by atoms with Crippen LogP contribution >= 0.6 is 0 Å². The lowest BCUT2D eigenvalue weighted by atomic mass is 10.0. The van der Waals surface area contributed by atoms with E-state index in [-0.39, 0.29) is 5.82 Å². The number of rotatable bonds is 1. The van der Waals surface area contributed by atoms with Gasteiger partial charge < -0.3 is 9.84 Å². The number of amides is 1. The first-order chi connectivity index (χ1) is 9.28. The van der Waals surface area contributed by atoms with Crippen LogP contribution in [0.2, 0.25) is 0 Å². The molecule has 20 heavy (non-hydrogen) atoms. The van der Waals surface area contributed by atoms with Crippen molar-refractivity contribution in [1.82, 2.24) is 4.90 Å². The summed E-state index contributed by atoms with van der Waals surface area (Å²) in [5.74, 6) is -0.343. The second-order valence-electron chi connectivity index (χ2n) is 6.03. The van der Waals surface area contributed by atoms with Gasteiger partial charge in [-0.1, -0.05) is 12.1 Å². The molecular formula is C15H20FNO3. The van der Waals surface area contributed by atoms with Crippen LogP contribution in [0.5, 0.6) is 0 Å². The van der Waals surface area contributed by atoms with Crippen molar-refractivity contribution in [2.24, 2.45) is 0 Å². The maximum Gasteiger partial charge on any atom is 0.410 e. The maximum atomic E-state index is 13.0. The lowest BCUT2D eigenvalue weighted by Gasteiger charge is -2.29. The minimum atomic E-state index is -0.659. The van der Waals surface area contributed by atoms with E-state index in [1.807, 2.05) is 0 Å². The summed E-state index contributed by atoms with van der Waals surface area (Å²) in [5, 5.41) is 10.1. The molecule has 1 N–H and O–H groups in total. The van der Waals surface area contributed by atoms with Crippen molar-refractivity contribution in [1.29, 1.82) is 0 Å². The second kappa shape index (κ2) is 5.40. The molecule has 1 aliphatic heterocycles. The van der Waals surface area contributed by atoms with Crippen LogP contribution in [0, 0.1) is 5.82 Å². The summed E-state index contributed by atoms with van der Waals surface area (Å²) in [6.45, 7) is 5.82. The molecule has 2 atom stereocenters. The Labute approximate surface area is 118 Å². The van der Waals surface area contributed by atoms with Crippen LogP contribution in [0.3, 0.4) is 0 Å². The third kappa shape index (κ3) is 3.28. The molecule has 4 nitrogen and oxygen atoms in total. The Morgan fingerprint density at radius 2 is 1.95 bits per heavy atom. The summed E-state index contributed by atoms with van der Waals surface area (Å²) in [7, 11) is 0. The van der Waals surface area contributed by atoms with Gasteiger partial charge in [-0.05, 0) is 44.9 Å². The first-order valence-electron chi connectivity index (χ1n) is 6.71. The van der Waals surface area contributed by atoms with Gasteiger partial charge in [-0.15, -0.1) is 0 Å². The highest BCUT2D eigenvalue weighted by Gasteiger charge is 2.39. The van der Waals surface area contributed by atoms with Gasteiger partial charge in [0.15, 0.2) is 0 Å². The largest absolute Gasteiger partial charge is 0.444 e. The predicted molar refractivity (Wildman–Crippen MR) is 72.7 cm³/mol. The molecule has 2 rings (SSSR count). The van der Waals surface area contributed by atoms with Gasteiger partial charge in [-0.25, -0.2) is 9.18 Å². The van der Waals surface area contributed by atoms with Crippen LogP contribution in [0.15, 0.2) is 24.3 Å². The molecule has 1 heterocycles. The smallest absolute Gasteiger partial charge is 0.410 e. The van der Waals surface area contributed by atoms with Crippen LogP contribution in [-0.2, 0) is 4.74 Å². The number of ether oxygens (including phenoxy) is 1. The van der Waals surface area contributed by atoms with Crippen molar-refractivity contribution in [3.63, 3.8) is 0 Å². The zero-order valence-electron chi connectivity index (χ0n) is 12.0. The van der Waals surface area contributed by atoms with Crippen molar-refractivity contribution < 1.29 is 19.0 Å². The molecular weight excluding hydrogens is 261 g/mol. The standard InChI is InChI=1S/C15H20FNO3/c1-15(2,3)20-14(19)17-9-8-12(18)13(17)10-4-6-11(16)7-5-10/h4-7,12-13,18H,8-9H2,1-3H3/t12-,13-/m0/s1. The molecule has 0 saturated carbocycles. The van der Waals surface area contributed by atoms with Crippen molar-refractivity contribution >= 4 is 6.09 Å². The first kappa shape index (κ1) is 14.8. The van der Waals surface area contributed by atoms with E-state index in [1.54, 1.807) is 32.9 Å². The average Bonchev–Trinajstić information content (AvgIpc) is 2.70. The van der Waals surface area contributed by atoms with Crippen molar-refractivity contribution in [3.8, 4) is 0 Å². The Morgan fingerprint density at radius 3 is 2.50 bits per heavy atom. The molecule has 1 saturated heterocycles. The number of likely N-dealkylation sites (tertiary alicyclic amines) is 1. The minimum Gasteiger partial charge on any atom is -0.444 e. The number of benzene rings is 1. The molecule has 110 valence electrons. The quantitative estimate of drug-likeness (QED) is 0.861. The van der Waals surface area contributed by atoms with Gasteiger partial charge in [0.25, 0.3) is 0 Å². The number of hydrogen-bond donors (Lipinski definition) is 1. The molecule has 1 aromatic rings. The molecule has 0 spiro atoms. The van der Waals surface area contributed by atoms with Gasteiger partial charge in [0.05, 0.1) is 12.1 Å². The lowest BCUT2D eigenvalue weighted by molar-refractivity contribution is 0.0152. The summed E-state index contributed by atoms with van der Waals surface area (Å²) < 4.78 is 18.3. The van der Waals surface area contributed by atoms with E-state index in [0.29, 0.717) is 18.5 Å². The summed E-state index contributed by atoms with van der Waals surface area (Å²) >= 11 is 0. The van der Waals surface area contributed by atoms with Crippen molar-refractivity contribution in [3.05, 3.63) is 35.6 Å². The fourth-order valence-electron chi connectivity index (χ4n) is 2.36. The van der Waals surface area contributed by atoms with Crippen LogP contribution in [0.4, 0.5) is 9.18 Å². The zero-order chi connectivity index (χ0) is 14.9. The average molecular weight is 281 g/mol. The number of carbonyl (C=O) groups excluding carboxylic acids is 1. The number of hydrogen-bond acceptors (Lipinski definition) is 3. The van der Waals surface area contributed by atoms with Gasteiger partial charge in [0, 0.05) is 6.54 Å². The minimum absolute atomic E-state index is 0.343. The normalized spacial score (nSPS) is 22.9. The number of aliphatic hydroxyl groups excluding tert-OH is 1. The second-order valence-corrected chi connectivity index (χ2v) is 6.03. The maximum absolute atomic E-state index is 13.0. The van der Waals surface area contributed by atoms with E-state index in [4.69, 9.17) is 4.74 Å². The zero-order valence-corrected chi connectivity index (χ0v) is 12.0. The Kier molecular flexibility index (Phi) is 3.99. The summed E-state index contributed by atoms with van der Waals surface area (Å²) in [4.78, 5) is 13.7. The van der Waals surface area contributed by atoms with Crippen molar-refractivity contribution in [2.45, 2.75) is 44.9 Å². The summed E-state index contributed by atoms with van der Waals surface area (Å²) in [5.41, 5.74) is 0.125. The Bertz CT molecular complexity index is 481. The third-order valence-corrected chi connectivity index (χ3v) is 3.21. The van der Waals surface area contributed by atoms with Crippen LogP contribution < -0.4 is 0 Å². The van der Waals surface area contributed by atoms with Gasteiger partial charge in [-0.3, -0.25) is 4.90 Å². The third-order valence-electron chi connectivity index (χ3n) is 3.21. The number of halogens is 1. The van der Waals surface area contributed by atoms with Gasteiger partial charge in [0.2, 0.25) is 0 Å². The van der Waals surface area contributed by atoms with Gasteiger partial charge >= 0.3 is 6.09 Å². The van der Waals surface area contributed by atoms with E-state index in [0.717, 1.165) is 0 Å². The lowest BCUT2D eigenvalue weighted by Crippen LogP contribution is -2.38. The van der Waals surface area contributed by atoms with Crippen LogP contribution in [-0.4, -0.2) is 34.3 Å². The van der Waals surface area contributed by atoms with Crippen LogP contribution in [0.25, 0.3) is 0 Å². The highest BCUT2D eigenvalue weighted by atomic mass is 19.1. The monoisotopic (exact) mass is 281 g/mol. The highest BCUT2D eigenvalue weighted by Crippen LogP contribution is 2.33. The summed E-state index contributed by atoms with van der Waals surface area (Å²) in [6.07, 6.45) is -0.627. The topological polar surface area (TPSA) is 49.8 Å². The summed E-state index contributed by atoms with van der Waals surface area (Å²) in [6, 6.07) is 5.35. The number of carbonyl (C=O) groups is 1. The van der Waals surface area contributed by atoms with Gasteiger partial charge in [-0.2, -0.15) is 0 Å². The van der Waals surface area contributed by atoms with E-state index < -0.39 is 23.8 Å². The first-order valence-corrected chi connectivity index (χ1v) is 6.71. The van der Waals surface area contributed by atoms with E-state index in [9.17, 15) is 14.3 Å². The van der Waals surface area contributed by atoms with Crippen LogP contribution in [0.1, 0.15) is 38.8 Å². The molecule has 1 aliphatic rings. The fraction of sp³-hybridized carbons (Fsp3) is 0.533. The molecule has 0 radical (unpaired) electrons. The molecule has 1 aromatic carbocycles. The molecule has 0 bridgehead atoms. The SMILES string of the molecule is CC(C)(C)OC(=O)N1CC[C@H](O)[C@@H]1c1ccc(F)cc1. The molecule has 1 fully saturated rings. The molecule has 0 aliphatic carbocycles. The van der Waals surface area contributed by atoms with E-state index in [2.05, 4.69) is 0 Å². The van der Waals surface area contributed by atoms with E-state index in [1.165, 1.54) is 17.0 Å². The molecule has 0 unspecified atom stereocenters. The molecule has 1 amide bonds. The Morgan fingerprint density at radius 1 is 1.35 bits per heavy atom.